The molecule has 80 valence electrons. The Bertz CT molecular complexity index is 115. The van der Waals surface area contributed by atoms with Gasteiger partial charge >= 0.3 is 0 Å². The molecule has 0 aromatic heterocycles. The molecule has 0 aromatic carbocycles. The summed E-state index contributed by atoms with van der Waals surface area (Å²) in [6.07, 6.45) is 3.04. The molecule has 0 radical (unpaired) electrons. The first-order valence-electron chi connectivity index (χ1n) is 5.30. The summed E-state index contributed by atoms with van der Waals surface area (Å²) in [5.41, 5.74) is 0. The average molecular weight is 188 g/mol. The van der Waals surface area contributed by atoms with Crippen LogP contribution in [0.2, 0.25) is 0 Å². The van der Waals surface area contributed by atoms with E-state index in [1.807, 2.05) is 0 Å². The highest BCUT2D eigenvalue weighted by Crippen LogP contribution is 2.19. The molecule has 2 heteroatoms. The third-order valence-corrected chi connectivity index (χ3v) is 2.69. The molecule has 0 saturated carbocycles. The van der Waals surface area contributed by atoms with Gasteiger partial charge in [0.25, 0.3) is 0 Å². The first-order chi connectivity index (χ1) is 6.13. The van der Waals surface area contributed by atoms with E-state index in [-0.39, 0.29) is 6.10 Å². The monoisotopic (exact) mass is 188 g/mol. The highest BCUT2D eigenvalue weighted by atomic mass is 16.5. The molecule has 0 saturated heterocycles. The Morgan fingerprint density at radius 2 is 1.69 bits per heavy atom. The Morgan fingerprint density at radius 3 is 2.15 bits per heavy atom. The highest BCUT2D eigenvalue weighted by molar-refractivity contribution is 4.70. The quantitative estimate of drug-likeness (QED) is 0.665. The Labute approximate surface area is 82.3 Å². The molecule has 1 N–H and O–H groups in total. The second-order valence-electron chi connectivity index (χ2n) is 4.02. The lowest BCUT2D eigenvalue weighted by molar-refractivity contribution is 0.0444. The second-order valence-corrected chi connectivity index (χ2v) is 4.02. The first-order valence-corrected chi connectivity index (χ1v) is 5.30. The minimum Gasteiger partial charge on any atom is -0.393 e. The first kappa shape index (κ1) is 12.9. The van der Waals surface area contributed by atoms with E-state index in [2.05, 4.69) is 20.8 Å². The van der Waals surface area contributed by atoms with E-state index in [1.165, 1.54) is 0 Å². The number of aliphatic hydroxyl groups excluding tert-OH is 1. The van der Waals surface area contributed by atoms with Crippen molar-refractivity contribution in [1.82, 2.24) is 0 Å². The van der Waals surface area contributed by atoms with Gasteiger partial charge in [-0.05, 0) is 24.7 Å². The molecule has 0 fully saturated rings. The van der Waals surface area contributed by atoms with Gasteiger partial charge in [-0.1, -0.05) is 27.2 Å². The summed E-state index contributed by atoms with van der Waals surface area (Å²) in [4.78, 5) is 0. The number of methoxy groups -OCH3 is 1. The third-order valence-electron chi connectivity index (χ3n) is 2.69. The van der Waals surface area contributed by atoms with E-state index in [0.717, 1.165) is 25.9 Å². The van der Waals surface area contributed by atoms with E-state index >= 15 is 0 Å². The summed E-state index contributed by atoms with van der Waals surface area (Å²) in [5, 5.41) is 9.89. The van der Waals surface area contributed by atoms with E-state index in [4.69, 9.17) is 4.74 Å². The summed E-state index contributed by atoms with van der Waals surface area (Å²) >= 11 is 0. The molecule has 13 heavy (non-hydrogen) atoms. The van der Waals surface area contributed by atoms with Gasteiger partial charge in [-0.15, -0.1) is 0 Å². The lowest BCUT2D eigenvalue weighted by atomic mass is 9.89. The fourth-order valence-electron chi connectivity index (χ4n) is 1.66. The van der Waals surface area contributed by atoms with Crippen LogP contribution in [0.5, 0.6) is 0 Å². The normalized spacial score (nSPS) is 18.2. The third kappa shape index (κ3) is 5.27. The van der Waals surface area contributed by atoms with Crippen molar-refractivity contribution in [2.75, 3.05) is 13.7 Å². The molecule has 0 heterocycles. The minimum absolute atomic E-state index is 0.171. The van der Waals surface area contributed by atoms with Crippen molar-refractivity contribution in [2.24, 2.45) is 11.8 Å². The number of ether oxygens (including phenoxy) is 1. The number of aliphatic hydroxyl groups is 1. The molecule has 0 amide bonds. The lowest BCUT2D eigenvalue weighted by Gasteiger charge is -2.24. The molecule has 0 rings (SSSR count). The van der Waals surface area contributed by atoms with Crippen LogP contribution in [0.4, 0.5) is 0 Å². The van der Waals surface area contributed by atoms with Gasteiger partial charge in [0, 0.05) is 13.7 Å². The number of hydrogen-bond acceptors (Lipinski definition) is 2. The Morgan fingerprint density at radius 1 is 1.15 bits per heavy atom. The molecule has 0 spiro atoms. The van der Waals surface area contributed by atoms with Crippen LogP contribution >= 0.6 is 0 Å². The van der Waals surface area contributed by atoms with E-state index < -0.39 is 0 Å². The van der Waals surface area contributed by atoms with Gasteiger partial charge in [-0.25, -0.2) is 0 Å². The van der Waals surface area contributed by atoms with E-state index in [0.29, 0.717) is 11.8 Å². The van der Waals surface area contributed by atoms with Gasteiger partial charge in [-0.3, -0.25) is 0 Å². The van der Waals surface area contributed by atoms with Crippen molar-refractivity contribution in [3.63, 3.8) is 0 Å². The zero-order valence-electron chi connectivity index (χ0n) is 9.42. The van der Waals surface area contributed by atoms with Crippen LogP contribution < -0.4 is 0 Å². The van der Waals surface area contributed by atoms with Gasteiger partial charge in [0.05, 0.1) is 6.10 Å². The van der Waals surface area contributed by atoms with Gasteiger partial charge in [0.1, 0.15) is 0 Å². The predicted molar refractivity (Wildman–Crippen MR) is 55.7 cm³/mol. The van der Waals surface area contributed by atoms with Gasteiger partial charge < -0.3 is 9.84 Å². The van der Waals surface area contributed by atoms with Crippen molar-refractivity contribution in [3.8, 4) is 0 Å². The molecular weight excluding hydrogens is 164 g/mol. The van der Waals surface area contributed by atoms with E-state index in [1.54, 1.807) is 7.11 Å². The largest absolute Gasteiger partial charge is 0.393 e. The molecule has 0 aliphatic carbocycles. The van der Waals surface area contributed by atoms with Crippen molar-refractivity contribution in [1.29, 1.82) is 0 Å². The molecule has 0 aromatic rings. The summed E-state index contributed by atoms with van der Waals surface area (Å²) in [5.74, 6) is 0.762. The molecule has 2 nitrogen and oxygen atoms in total. The van der Waals surface area contributed by atoms with Crippen LogP contribution in [0.1, 0.15) is 40.0 Å². The average Bonchev–Trinajstić information content (AvgIpc) is 2.13. The zero-order chi connectivity index (χ0) is 10.3. The maximum Gasteiger partial charge on any atom is 0.0592 e. The van der Waals surface area contributed by atoms with Crippen LogP contribution in [0.15, 0.2) is 0 Å². The van der Waals surface area contributed by atoms with Crippen LogP contribution in [-0.2, 0) is 4.74 Å². The van der Waals surface area contributed by atoms with Gasteiger partial charge in [-0.2, -0.15) is 0 Å². The van der Waals surface area contributed by atoms with Crippen LogP contribution in [0, 0.1) is 11.8 Å². The minimum atomic E-state index is -0.171. The van der Waals surface area contributed by atoms with Gasteiger partial charge in [0.2, 0.25) is 0 Å². The van der Waals surface area contributed by atoms with Crippen molar-refractivity contribution >= 4 is 0 Å². The van der Waals surface area contributed by atoms with Crippen LogP contribution in [-0.4, -0.2) is 24.9 Å². The summed E-state index contributed by atoms with van der Waals surface area (Å²) in [7, 11) is 1.70. The molecule has 0 bridgehead atoms. The highest BCUT2D eigenvalue weighted by Gasteiger charge is 2.19. The maximum atomic E-state index is 9.89. The zero-order valence-corrected chi connectivity index (χ0v) is 9.42. The summed E-state index contributed by atoms with van der Waals surface area (Å²) in [6.45, 7) is 7.12. The number of rotatable bonds is 7. The Hall–Kier alpha value is -0.0800. The van der Waals surface area contributed by atoms with Crippen molar-refractivity contribution in [2.45, 2.75) is 46.1 Å². The lowest BCUT2D eigenvalue weighted by Crippen LogP contribution is -2.26. The standard InChI is InChI=1S/C11H24O2/c1-5-6-9(2)11(12)10(3)7-8-13-4/h9-12H,5-8H2,1-4H3. The topological polar surface area (TPSA) is 29.5 Å². The smallest absolute Gasteiger partial charge is 0.0592 e. The fraction of sp³-hybridized carbons (Fsp3) is 1.00. The number of hydrogen-bond donors (Lipinski definition) is 1. The molecule has 3 unspecified atom stereocenters. The summed E-state index contributed by atoms with van der Waals surface area (Å²) in [6, 6.07) is 0. The maximum absolute atomic E-state index is 9.89. The molecular formula is C11H24O2. The Balaban J connectivity index is 3.71. The Kier molecular flexibility index (Phi) is 7.29. The van der Waals surface area contributed by atoms with Crippen molar-refractivity contribution < 1.29 is 9.84 Å². The summed E-state index contributed by atoms with van der Waals surface area (Å²) < 4.78 is 4.99. The molecule has 0 aliphatic rings. The fourth-order valence-corrected chi connectivity index (χ4v) is 1.66. The van der Waals surface area contributed by atoms with Crippen LogP contribution in [0.3, 0.4) is 0 Å². The van der Waals surface area contributed by atoms with Crippen molar-refractivity contribution in [3.05, 3.63) is 0 Å². The van der Waals surface area contributed by atoms with Crippen LogP contribution in [0.25, 0.3) is 0 Å². The molecule has 0 aliphatic heterocycles. The van der Waals surface area contributed by atoms with Gasteiger partial charge in [0.15, 0.2) is 0 Å². The molecule has 3 atom stereocenters. The SMILES string of the molecule is CCCC(C)C(O)C(C)CCOC. The predicted octanol–water partition coefficient (Wildman–Crippen LogP) is 2.46. The second kappa shape index (κ2) is 7.34. The van der Waals surface area contributed by atoms with E-state index in [9.17, 15) is 5.11 Å².